The van der Waals surface area contributed by atoms with E-state index in [0.717, 1.165) is 29.6 Å². The van der Waals surface area contributed by atoms with Gasteiger partial charge in [0.1, 0.15) is 5.75 Å². The van der Waals surface area contributed by atoms with E-state index < -0.39 is 0 Å². The second-order valence-electron chi connectivity index (χ2n) is 5.36. The molecule has 1 aromatic carbocycles. The maximum Gasteiger partial charge on any atom is 0.133 e. The molecule has 0 aliphatic rings. The van der Waals surface area contributed by atoms with Gasteiger partial charge in [0.15, 0.2) is 0 Å². The van der Waals surface area contributed by atoms with Crippen molar-refractivity contribution < 1.29 is 9.84 Å². The normalized spacial score (nSPS) is 13.3. The first-order valence-electron chi connectivity index (χ1n) is 7.19. The van der Waals surface area contributed by atoms with Gasteiger partial charge < -0.3 is 15.2 Å². The van der Waals surface area contributed by atoms with E-state index in [1.165, 1.54) is 5.56 Å². The molecule has 114 valence electrons. The maximum absolute atomic E-state index is 9.61. The first kappa shape index (κ1) is 17.5. The predicted octanol–water partition coefficient (Wildman–Crippen LogP) is 3.91. The van der Waals surface area contributed by atoms with Crippen molar-refractivity contribution in [1.82, 2.24) is 5.32 Å². The van der Waals surface area contributed by atoms with Gasteiger partial charge in [-0.1, -0.05) is 19.9 Å². The monoisotopic (exact) mass is 343 g/mol. The number of aliphatic hydroxyl groups is 1. The fourth-order valence-corrected chi connectivity index (χ4v) is 2.78. The molecule has 0 fully saturated rings. The van der Waals surface area contributed by atoms with Crippen LogP contribution in [-0.4, -0.2) is 25.4 Å². The number of aliphatic hydroxyl groups excluding tert-OH is 1. The molecule has 20 heavy (non-hydrogen) atoms. The molecule has 0 bridgehead atoms. The molecule has 1 unspecified atom stereocenters. The Labute approximate surface area is 130 Å². The van der Waals surface area contributed by atoms with Crippen molar-refractivity contribution in [2.24, 2.45) is 5.41 Å². The van der Waals surface area contributed by atoms with E-state index in [1.54, 1.807) is 7.11 Å². The third-order valence-electron chi connectivity index (χ3n) is 4.29. The Balaban J connectivity index is 2.71. The summed E-state index contributed by atoms with van der Waals surface area (Å²) < 4.78 is 6.21. The molecule has 0 radical (unpaired) electrons. The summed E-state index contributed by atoms with van der Waals surface area (Å²) in [5.74, 6) is 0.841. The number of benzene rings is 1. The van der Waals surface area contributed by atoms with E-state index in [1.807, 2.05) is 6.07 Å². The standard InChI is InChI=1S/C16H26BrNO2/c1-5-16(6-2,11-19)10-18-12(3)13-7-8-15(20-4)14(17)9-13/h7-9,12,18-19H,5-6,10-11H2,1-4H3. The molecule has 0 spiro atoms. The van der Waals surface area contributed by atoms with Crippen molar-refractivity contribution in [3.05, 3.63) is 28.2 Å². The minimum atomic E-state index is -0.0159. The van der Waals surface area contributed by atoms with Gasteiger partial charge in [-0.25, -0.2) is 0 Å². The highest BCUT2D eigenvalue weighted by atomic mass is 79.9. The highest BCUT2D eigenvalue weighted by molar-refractivity contribution is 9.10. The van der Waals surface area contributed by atoms with Crippen LogP contribution in [0.1, 0.15) is 45.2 Å². The third kappa shape index (κ3) is 4.21. The summed E-state index contributed by atoms with van der Waals surface area (Å²) in [7, 11) is 1.67. The van der Waals surface area contributed by atoms with Crippen molar-refractivity contribution in [1.29, 1.82) is 0 Å². The van der Waals surface area contributed by atoms with Crippen LogP contribution in [0.3, 0.4) is 0 Å². The van der Waals surface area contributed by atoms with Crippen LogP contribution in [0.2, 0.25) is 0 Å². The Morgan fingerprint density at radius 1 is 1.35 bits per heavy atom. The first-order chi connectivity index (χ1) is 9.51. The topological polar surface area (TPSA) is 41.5 Å². The number of ether oxygens (including phenoxy) is 1. The lowest BCUT2D eigenvalue weighted by molar-refractivity contribution is 0.110. The van der Waals surface area contributed by atoms with Crippen molar-refractivity contribution in [2.75, 3.05) is 20.3 Å². The van der Waals surface area contributed by atoms with Crippen molar-refractivity contribution in [2.45, 2.75) is 39.7 Å². The van der Waals surface area contributed by atoms with Gasteiger partial charge in [-0.15, -0.1) is 0 Å². The summed E-state index contributed by atoms with van der Waals surface area (Å²) in [6.45, 7) is 7.46. The van der Waals surface area contributed by atoms with E-state index in [4.69, 9.17) is 4.74 Å². The molecule has 0 aliphatic carbocycles. The molecule has 0 heterocycles. The molecule has 4 heteroatoms. The van der Waals surface area contributed by atoms with Crippen LogP contribution in [0.4, 0.5) is 0 Å². The Morgan fingerprint density at radius 3 is 2.45 bits per heavy atom. The Morgan fingerprint density at radius 2 is 2.00 bits per heavy atom. The molecular weight excluding hydrogens is 318 g/mol. The number of nitrogens with one attached hydrogen (secondary N) is 1. The van der Waals surface area contributed by atoms with Gasteiger partial charge in [0.25, 0.3) is 0 Å². The summed E-state index contributed by atoms with van der Waals surface area (Å²) in [4.78, 5) is 0. The predicted molar refractivity (Wildman–Crippen MR) is 87.2 cm³/mol. The number of halogens is 1. The summed E-state index contributed by atoms with van der Waals surface area (Å²) in [5.41, 5.74) is 1.19. The first-order valence-corrected chi connectivity index (χ1v) is 7.99. The zero-order valence-corrected chi connectivity index (χ0v) is 14.5. The summed E-state index contributed by atoms with van der Waals surface area (Å²) in [6.07, 6.45) is 1.96. The van der Waals surface area contributed by atoms with Gasteiger partial charge in [-0.05, 0) is 53.4 Å². The SMILES string of the molecule is CCC(CC)(CO)CNC(C)c1ccc(OC)c(Br)c1. The summed E-state index contributed by atoms with van der Waals surface area (Å²) in [5, 5.41) is 13.1. The number of hydrogen-bond donors (Lipinski definition) is 2. The molecule has 0 saturated carbocycles. The highest BCUT2D eigenvalue weighted by Crippen LogP contribution is 2.29. The van der Waals surface area contributed by atoms with E-state index in [2.05, 4.69) is 54.2 Å². The van der Waals surface area contributed by atoms with E-state index in [0.29, 0.717) is 0 Å². The van der Waals surface area contributed by atoms with Crippen LogP contribution < -0.4 is 10.1 Å². The van der Waals surface area contributed by atoms with Crippen molar-refractivity contribution >= 4 is 15.9 Å². The number of methoxy groups -OCH3 is 1. The highest BCUT2D eigenvalue weighted by Gasteiger charge is 2.25. The molecule has 0 aromatic heterocycles. The molecule has 1 aromatic rings. The minimum Gasteiger partial charge on any atom is -0.496 e. The zero-order chi connectivity index (χ0) is 15.2. The van der Waals surface area contributed by atoms with Crippen LogP contribution in [0, 0.1) is 5.41 Å². The third-order valence-corrected chi connectivity index (χ3v) is 4.91. The minimum absolute atomic E-state index is 0.0159. The van der Waals surface area contributed by atoms with Gasteiger partial charge >= 0.3 is 0 Å². The smallest absolute Gasteiger partial charge is 0.133 e. The lowest BCUT2D eigenvalue weighted by atomic mass is 9.83. The van der Waals surface area contributed by atoms with Gasteiger partial charge in [0.05, 0.1) is 11.6 Å². The van der Waals surface area contributed by atoms with Gasteiger partial charge in [-0.3, -0.25) is 0 Å². The summed E-state index contributed by atoms with van der Waals surface area (Å²) in [6, 6.07) is 6.35. The van der Waals surface area contributed by atoms with Crippen LogP contribution in [0.15, 0.2) is 22.7 Å². The molecule has 3 nitrogen and oxygen atoms in total. The Kier molecular flexibility index (Phi) is 7.00. The Bertz CT molecular complexity index is 411. The fourth-order valence-electron chi connectivity index (χ4n) is 2.22. The molecule has 0 saturated heterocycles. The van der Waals surface area contributed by atoms with E-state index in [-0.39, 0.29) is 18.1 Å². The molecule has 1 atom stereocenters. The number of rotatable bonds is 8. The van der Waals surface area contributed by atoms with E-state index >= 15 is 0 Å². The average molecular weight is 344 g/mol. The number of hydrogen-bond acceptors (Lipinski definition) is 3. The quantitative estimate of drug-likeness (QED) is 0.751. The van der Waals surface area contributed by atoms with Gasteiger partial charge in [0, 0.05) is 24.6 Å². The van der Waals surface area contributed by atoms with Crippen LogP contribution in [-0.2, 0) is 0 Å². The molecule has 2 N–H and O–H groups in total. The average Bonchev–Trinajstić information content (AvgIpc) is 2.49. The lowest BCUT2D eigenvalue weighted by Gasteiger charge is -2.31. The summed E-state index contributed by atoms with van der Waals surface area (Å²) >= 11 is 3.51. The van der Waals surface area contributed by atoms with E-state index in [9.17, 15) is 5.11 Å². The van der Waals surface area contributed by atoms with Crippen LogP contribution >= 0.6 is 15.9 Å². The second kappa shape index (κ2) is 8.01. The van der Waals surface area contributed by atoms with Crippen LogP contribution in [0.25, 0.3) is 0 Å². The second-order valence-corrected chi connectivity index (χ2v) is 6.22. The molecule has 0 amide bonds. The van der Waals surface area contributed by atoms with Crippen molar-refractivity contribution in [3.63, 3.8) is 0 Å². The zero-order valence-electron chi connectivity index (χ0n) is 12.9. The molecule has 1 rings (SSSR count). The molecule has 0 aliphatic heterocycles. The molecular formula is C16H26BrNO2. The van der Waals surface area contributed by atoms with Crippen LogP contribution in [0.5, 0.6) is 5.75 Å². The van der Waals surface area contributed by atoms with Crippen molar-refractivity contribution in [3.8, 4) is 5.75 Å². The van der Waals surface area contributed by atoms with Gasteiger partial charge in [-0.2, -0.15) is 0 Å². The maximum atomic E-state index is 9.61. The fraction of sp³-hybridized carbons (Fsp3) is 0.625. The largest absolute Gasteiger partial charge is 0.496 e. The Hall–Kier alpha value is -0.580. The lowest BCUT2D eigenvalue weighted by Crippen LogP contribution is -2.37. The van der Waals surface area contributed by atoms with Gasteiger partial charge in [0.2, 0.25) is 0 Å².